The minimum atomic E-state index is -0.235. The smallest absolute Gasteiger partial charge is 0.251 e. The summed E-state index contributed by atoms with van der Waals surface area (Å²) in [5, 5.41) is 4.15. The lowest BCUT2D eigenvalue weighted by Gasteiger charge is -2.29. The number of carbonyl (C=O) groups excluding carboxylic acids is 1. The number of ether oxygens (including phenoxy) is 1. The third-order valence-corrected chi connectivity index (χ3v) is 5.62. The van der Waals surface area contributed by atoms with Crippen molar-refractivity contribution in [3.63, 3.8) is 0 Å². The zero-order valence-corrected chi connectivity index (χ0v) is 16.1. The van der Waals surface area contributed by atoms with Crippen molar-refractivity contribution in [3.05, 3.63) is 60.3 Å². The fraction of sp³-hybridized carbons (Fsp3) is 0.304. The van der Waals surface area contributed by atoms with Crippen LogP contribution in [0.2, 0.25) is 0 Å². The van der Waals surface area contributed by atoms with Crippen LogP contribution in [0.4, 0.5) is 5.69 Å². The summed E-state index contributed by atoms with van der Waals surface area (Å²) in [6, 6.07) is 15.4. The SMILES string of the molecule is COCC1(NC(=O)c2ccc(-c3cccc4c(N)ccnc34)cc2)CCCC1. The first-order chi connectivity index (χ1) is 13.6. The molecule has 5 nitrogen and oxygen atoms in total. The van der Waals surface area contributed by atoms with Crippen molar-refractivity contribution in [1.82, 2.24) is 10.3 Å². The zero-order valence-electron chi connectivity index (χ0n) is 16.1. The molecule has 2 aromatic carbocycles. The molecule has 1 fully saturated rings. The number of benzene rings is 2. The van der Waals surface area contributed by atoms with Gasteiger partial charge in [0.2, 0.25) is 0 Å². The molecule has 0 bridgehead atoms. The number of nitrogen functional groups attached to an aromatic ring is 1. The average molecular weight is 375 g/mol. The number of amides is 1. The number of hydrogen-bond donors (Lipinski definition) is 2. The van der Waals surface area contributed by atoms with E-state index in [9.17, 15) is 4.79 Å². The van der Waals surface area contributed by atoms with Crippen LogP contribution in [0.3, 0.4) is 0 Å². The van der Waals surface area contributed by atoms with E-state index in [1.54, 1.807) is 19.4 Å². The summed E-state index contributed by atoms with van der Waals surface area (Å²) in [4.78, 5) is 17.3. The van der Waals surface area contributed by atoms with E-state index < -0.39 is 0 Å². The first-order valence-electron chi connectivity index (χ1n) is 9.67. The summed E-state index contributed by atoms with van der Waals surface area (Å²) >= 11 is 0. The molecule has 1 aliphatic rings. The van der Waals surface area contributed by atoms with Crippen LogP contribution >= 0.6 is 0 Å². The number of anilines is 1. The number of para-hydroxylation sites is 1. The first kappa shape index (κ1) is 18.4. The van der Waals surface area contributed by atoms with E-state index in [-0.39, 0.29) is 11.4 Å². The Kier molecular flexibility index (Phi) is 5.01. The number of carbonyl (C=O) groups is 1. The summed E-state index contributed by atoms with van der Waals surface area (Å²) in [7, 11) is 1.69. The van der Waals surface area contributed by atoms with E-state index in [2.05, 4.69) is 10.3 Å². The van der Waals surface area contributed by atoms with Gasteiger partial charge in [0.15, 0.2) is 0 Å². The molecule has 144 valence electrons. The molecule has 3 N–H and O–H groups in total. The van der Waals surface area contributed by atoms with Crippen molar-refractivity contribution >= 4 is 22.5 Å². The molecule has 1 saturated carbocycles. The van der Waals surface area contributed by atoms with Crippen LogP contribution in [0, 0.1) is 0 Å². The Labute approximate surface area is 164 Å². The van der Waals surface area contributed by atoms with Crippen LogP contribution in [0.25, 0.3) is 22.0 Å². The maximum absolute atomic E-state index is 12.8. The van der Waals surface area contributed by atoms with E-state index in [1.807, 2.05) is 42.5 Å². The van der Waals surface area contributed by atoms with Crippen LogP contribution in [0.15, 0.2) is 54.7 Å². The average Bonchev–Trinajstić information content (AvgIpc) is 3.16. The lowest BCUT2D eigenvalue weighted by molar-refractivity contribution is 0.0767. The summed E-state index contributed by atoms with van der Waals surface area (Å²) in [6.07, 6.45) is 5.90. The van der Waals surface area contributed by atoms with Crippen molar-refractivity contribution in [2.45, 2.75) is 31.2 Å². The Morgan fingerprint density at radius 3 is 2.61 bits per heavy atom. The highest BCUT2D eigenvalue weighted by Crippen LogP contribution is 2.31. The van der Waals surface area contributed by atoms with Gasteiger partial charge in [-0.25, -0.2) is 0 Å². The van der Waals surface area contributed by atoms with E-state index >= 15 is 0 Å². The number of rotatable bonds is 5. The highest BCUT2D eigenvalue weighted by Gasteiger charge is 2.35. The number of methoxy groups -OCH3 is 1. The summed E-state index contributed by atoms with van der Waals surface area (Å²) < 4.78 is 5.36. The number of pyridine rings is 1. The molecule has 0 atom stereocenters. The summed E-state index contributed by atoms with van der Waals surface area (Å²) in [5.74, 6) is -0.0502. The van der Waals surface area contributed by atoms with Crippen LogP contribution in [-0.2, 0) is 4.74 Å². The summed E-state index contributed by atoms with van der Waals surface area (Å²) in [5.41, 5.74) is 10.1. The fourth-order valence-corrected chi connectivity index (χ4v) is 4.18. The second-order valence-electron chi connectivity index (χ2n) is 7.55. The molecule has 4 rings (SSSR count). The van der Waals surface area contributed by atoms with Crippen molar-refractivity contribution in [3.8, 4) is 11.1 Å². The van der Waals surface area contributed by atoms with Gasteiger partial charge >= 0.3 is 0 Å². The van der Waals surface area contributed by atoms with Gasteiger partial charge in [-0.2, -0.15) is 0 Å². The highest BCUT2D eigenvalue weighted by atomic mass is 16.5. The maximum Gasteiger partial charge on any atom is 0.251 e. The van der Waals surface area contributed by atoms with Gasteiger partial charge < -0.3 is 15.8 Å². The standard InChI is InChI=1S/C23H25N3O2/c1-28-15-23(12-2-3-13-23)26-22(27)17-9-7-16(8-10-17)18-5-4-6-19-20(24)11-14-25-21(18)19/h4-11,14H,2-3,12-13,15H2,1H3,(H2,24,25)(H,26,27). The topological polar surface area (TPSA) is 77.2 Å². The third kappa shape index (κ3) is 3.45. The van der Waals surface area contributed by atoms with E-state index in [0.717, 1.165) is 47.7 Å². The molecule has 0 unspecified atom stereocenters. The van der Waals surface area contributed by atoms with Gasteiger partial charge in [-0.05, 0) is 36.6 Å². The lowest BCUT2D eigenvalue weighted by atomic mass is 9.97. The van der Waals surface area contributed by atoms with Crippen LogP contribution in [0.5, 0.6) is 0 Å². The normalized spacial score (nSPS) is 15.6. The molecule has 5 heteroatoms. The molecule has 28 heavy (non-hydrogen) atoms. The fourth-order valence-electron chi connectivity index (χ4n) is 4.18. The molecule has 1 heterocycles. The second-order valence-corrected chi connectivity index (χ2v) is 7.55. The highest BCUT2D eigenvalue weighted by molar-refractivity contribution is 6.00. The number of nitrogens with two attached hydrogens (primary N) is 1. The van der Waals surface area contributed by atoms with Gasteiger partial charge in [0.1, 0.15) is 0 Å². The van der Waals surface area contributed by atoms with E-state index in [1.165, 1.54) is 0 Å². The minimum Gasteiger partial charge on any atom is -0.398 e. The molecule has 1 aliphatic carbocycles. The number of nitrogens with one attached hydrogen (secondary N) is 1. The number of fused-ring (bicyclic) bond motifs is 1. The third-order valence-electron chi connectivity index (χ3n) is 5.62. The van der Waals surface area contributed by atoms with E-state index in [0.29, 0.717) is 17.9 Å². The zero-order chi connectivity index (χ0) is 19.6. The predicted molar refractivity (Wildman–Crippen MR) is 112 cm³/mol. The van der Waals surface area contributed by atoms with Gasteiger partial charge in [-0.1, -0.05) is 43.2 Å². The van der Waals surface area contributed by atoms with Gasteiger partial charge in [-0.3, -0.25) is 9.78 Å². The van der Waals surface area contributed by atoms with Gasteiger partial charge in [0.25, 0.3) is 5.91 Å². The second kappa shape index (κ2) is 7.60. The van der Waals surface area contributed by atoms with E-state index in [4.69, 9.17) is 10.5 Å². The molecule has 1 amide bonds. The number of aromatic nitrogens is 1. The van der Waals surface area contributed by atoms with Crippen molar-refractivity contribution in [1.29, 1.82) is 0 Å². The number of nitrogens with zero attached hydrogens (tertiary/aromatic N) is 1. The van der Waals surface area contributed by atoms with Crippen molar-refractivity contribution < 1.29 is 9.53 Å². The predicted octanol–water partition coefficient (Wildman–Crippen LogP) is 4.17. The lowest BCUT2D eigenvalue weighted by Crippen LogP contribution is -2.49. The Bertz CT molecular complexity index is 992. The van der Waals surface area contributed by atoms with Crippen molar-refractivity contribution in [2.24, 2.45) is 0 Å². The summed E-state index contributed by atoms with van der Waals surface area (Å²) in [6.45, 7) is 0.555. The first-order valence-corrected chi connectivity index (χ1v) is 9.67. The molecular formula is C23H25N3O2. The Hall–Kier alpha value is -2.92. The molecular weight excluding hydrogens is 350 g/mol. The van der Waals surface area contributed by atoms with Crippen LogP contribution in [0.1, 0.15) is 36.0 Å². The minimum absolute atomic E-state index is 0.0502. The van der Waals surface area contributed by atoms with Crippen molar-refractivity contribution in [2.75, 3.05) is 19.5 Å². The molecule has 0 saturated heterocycles. The van der Waals surface area contributed by atoms with Crippen LogP contribution < -0.4 is 11.1 Å². The Morgan fingerprint density at radius 1 is 1.14 bits per heavy atom. The van der Waals surface area contributed by atoms with Gasteiger partial charge in [-0.15, -0.1) is 0 Å². The maximum atomic E-state index is 12.8. The largest absolute Gasteiger partial charge is 0.398 e. The molecule has 1 aromatic heterocycles. The molecule has 3 aromatic rings. The quantitative estimate of drug-likeness (QED) is 0.701. The molecule has 0 radical (unpaired) electrons. The molecule has 0 aliphatic heterocycles. The molecule has 0 spiro atoms. The number of hydrogen-bond acceptors (Lipinski definition) is 4. The Morgan fingerprint density at radius 2 is 1.89 bits per heavy atom. The van der Waals surface area contributed by atoms with Crippen LogP contribution in [-0.4, -0.2) is 30.1 Å². The van der Waals surface area contributed by atoms with Gasteiger partial charge in [0, 0.05) is 35.5 Å². The van der Waals surface area contributed by atoms with Gasteiger partial charge in [0.05, 0.1) is 17.7 Å². The monoisotopic (exact) mass is 375 g/mol. The Balaban J connectivity index is 1.59.